The standard InChI is InChI=1S/C33H39FO8/c1-5-22(35)15-20-6-9-24(10-7-20)42-29(39)41-18-28(38)33(40)19(2)14-26-25-11-8-21-16-23(36)12-13-30(21,3)32(25,34)27(37)17-31(26,33)4/h6-7,9-10,12-13,16,19,25-27,37,40H,5,8,11,14-15,17-18H2,1-4H3/t19-,25+,26+,27+,30+,31+,32+,33+/m1/s1. The number of rotatable bonds is 7. The van der Waals surface area contributed by atoms with Crippen LogP contribution in [-0.2, 0) is 25.5 Å². The Bertz CT molecular complexity index is 1370. The molecule has 0 aliphatic heterocycles. The predicted molar refractivity (Wildman–Crippen MR) is 150 cm³/mol. The summed E-state index contributed by atoms with van der Waals surface area (Å²) in [5.41, 5.74) is -4.96. The van der Waals surface area contributed by atoms with Crippen LogP contribution in [-0.4, -0.2) is 57.7 Å². The lowest BCUT2D eigenvalue weighted by atomic mass is 9.44. The maximum atomic E-state index is 17.3. The van der Waals surface area contributed by atoms with E-state index in [1.165, 1.54) is 24.3 Å². The Morgan fingerprint density at radius 2 is 1.81 bits per heavy atom. The Balaban J connectivity index is 1.30. The molecule has 8 nitrogen and oxygen atoms in total. The lowest BCUT2D eigenvalue weighted by molar-refractivity contribution is -0.219. The van der Waals surface area contributed by atoms with Crippen LogP contribution >= 0.6 is 0 Å². The maximum Gasteiger partial charge on any atom is 0.514 e. The molecule has 5 rings (SSSR count). The summed E-state index contributed by atoms with van der Waals surface area (Å²) in [5.74, 6) is -2.33. The monoisotopic (exact) mass is 582 g/mol. The SMILES string of the molecule is CCC(=O)Cc1ccc(OC(=O)OCC(=O)[C@@]2(O)[C@H](C)C[C@H]3[C@@H]4CCC5=CC(=O)C=C[C@]5(C)[C@@]4(F)[C@@H](O)C[C@@]32C)cc1. The van der Waals surface area contributed by atoms with E-state index >= 15 is 4.39 Å². The van der Waals surface area contributed by atoms with Crippen LogP contribution in [0.15, 0.2) is 48.1 Å². The molecule has 0 aromatic heterocycles. The Labute approximate surface area is 245 Å². The molecular weight excluding hydrogens is 543 g/mol. The number of aliphatic hydroxyl groups excluding tert-OH is 1. The van der Waals surface area contributed by atoms with Crippen molar-refractivity contribution >= 4 is 23.5 Å². The Morgan fingerprint density at radius 3 is 2.48 bits per heavy atom. The third-order valence-corrected chi connectivity index (χ3v) is 10.9. The van der Waals surface area contributed by atoms with E-state index in [9.17, 15) is 29.4 Å². The number of ether oxygens (including phenoxy) is 2. The quantitative estimate of drug-likeness (QED) is 0.352. The number of fused-ring (bicyclic) bond motifs is 5. The first kappa shape index (κ1) is 30.3. The van der Waals surface area contributed by atoms with Gasteiger partial charge in [0.25, 0.3) is 0 Å². The van der Waals surface area contributed by atoms with E-state index in [0.29, 0.717) is 31.3 Å². The highest BCUT2D eigenvalue weighted by molar-refractivity contribution is 6.01. The van der Waals surface area contributed by atoms with E-state index in [4.69, 9.17) is 9.47 Å². The van der Waals surface area contributed by atoms with Crippen molar-refractivity contribution in [3.63, 3.8) is 0 Å². The second kappa shape index (κ2) is 10.5. The van der Waals surface area contributed by atoms with Gasteiger partial charge in [-0.2, -0.15) is 0 Å². The number of hydrogen-bond acceptors (Lipinski definition) is 8. The number of halogens is 1. The molecule has 1 aromatic rings. The molecule has 42 heavy (non-hydrogen) atoms. The van der Waals surface area contributed by atoms with Crippen molar-refractivity contribution in [2.24, 2.45) is 28.6 Å². The molecule has 1 aromatic carbocycles. The molecule has 226 valence electrons. The fourth-order valence-corrected chi connectivity index (χ4v) is 8.53. The molecule has 3 fully saturated rings. The summed E-state index contributed by atoms with van der Waals surface area (Å²) < 4.78 is 27.6. The summed E-state index contributed by atoms with van der Waals surface area (Å²) in [6.45, 7) is 6.20. The van der Waals surface area contributed by atoms with Crippen LogP contribution in [0.2, 0.25) is 0 Å². The van der Waals surface area contributed by atoms with Crippen LogP contribution in [0.3, 0.4) is 0 Å². The van der Waals surface area contributed by atoms with Gasteiger partial charge < -0.3 is 19.7 Å². The minimum atomic E-state index is -2.08. The zero-order chi connectivity index (χ0) is 30.7. The van der Waals surface area contributed by atoms with Gasteiger partial charge in [-0.1, -0.05) is 44.6 Å². The highest BCUT2D eigenvalue weighted by Gasteiger charge is 2.75. The van der Waals surface area contributed by atoms with Crippen LogP contribution < -0.4 is 4.74 Å². The minimum Gasteiger partial charge on any atom is -0.426 e. The van der Waals surface area contributed by atoms with Crippen molar-refractivity contribution in [1.29, 1.82) is 0 Å². The van der Waals surface area contributed by atoms with Gasteiger partial charge in [0, 0.05) is 29.6 Å². The number of alkyl halides is 1. The second-order valence-electron chi connectivity index (χ2n) is 12.9. The number of aliphatic hydroxyl groups is 2. The number of allylic oxidation sites excluding steroid dienone is 4. The molecule has 8 atom stereocenters. The van der Waals surface area contributed by atoms with E-state index in [-0.39, 0.29) is 30.2 Å². The van der Waals surface area contributed by atoms with E-state index in [1.807, 2.05) is 0 Å². The van der Waals surface area contributed by atoms with Crippen molar-refractivity contribution in [2.45, 2.75) is 83.6 Å². The lowest BCUT2D eigenvalue weighted by Gasteiger charge is -2.62. The lowest BCUT2D eigenvalue weighted by Crippen LogP contribution is -2.69. The zero-order valence-corrected chi connectivity index (χ0v) is 24.5. The van der Waals surface area contributed by atoms with Crippen LogP contribution in [0.5, 0.6) is 5.75 Å². The average Bonchev–Trinajstić information content (AvgIpc) is 3.15. The molecule has 3 saturated carbocycles. The van der Waals surface area contributed by atoms with Crippen molar-refractivity contribution in [3.8, 4) is 5.75 Å². The summed E-state index contributed by atoms with van der Waals surface area (Å²) in [4.78, 5) is 49.7. The summed E-state index contributed by atoms with van der Waals surface area (Å²) in [7, 11) is 0. The number of benzene rings is 1. The molecule has 0 heterocycles. The molecule has 0 unspecified atom stereocenters. The van der Waals surface area contributed by atoms with Crippen molar-refractivity contribution in [2.75, 3.05) is 6.61 Å². The van der Waals surface area contributed by atoms with Crippen molar-refractivity contribution in [1.82, 2.24) is 0 Å². The van der Waals surface area contributed by atoms with Gasteiger partial charge in [0.15, 0.2) is 18.1 Å². The third kappa shape index (κ3) is 4.39. The number of carbonyl (C=O) groups excluding carboxylic acids is 4. The number of Topliss-reactive ketones (excluding diaryl/α,β-unsaturated/α-hetero) is 2. The van der Waals surface area contributed by atoms with E-state index in [0.717, 1.165) is 5.56 Å². The molecular formula is C33H39FO8. The highest BCUT2D eigenvalue weighted by atomic mass is 19.1. The van der Waals surface area contributed by atoms with Gasteiger partial charge in [0.1, 0.15) is 17.1 Å². The van der Waals surface area contributed by atoms with Crippen LogP contribution in [0.1, 0.15) is 65.4 Å². The van der Waals surface area contributed by atoms with Gasteiger partial charge >= 0.3 is 6.16 Å². The number of hydrogen-bond donors (Lipinski definition) is 2. The minimum absolute atomic E-state index is 0.0841. The molecule has 0 bridgehead atoms. The Hall–Kier alpha value is -3.17. The first-order valence-electron chi connectivity index (χ1n) is 14.7. The summed E-state index contributed by atoms with van der Waals surface area (Å²) in [6, 6.07) is 6.37. The van der Waals surface area contributed by atoms with Gasteiger partial charge in [-0.25, -0.2) is 9.18 Å². The molecule has 0 spiro atoms. The average molecular weight is 583 g/mol. The molecule has 0 saturated heterocycles. The van der Waals surface area contributed by atoms with Crippen LogP contribution in [0.4, 0.5) is 9.18 Å². The zero-order valence-electron chi connectivity index (χ0n) is 24.5. The molecule has 4 aliphatic carbocycles. The van der Waals surface area contributed by atoms with Gasteiger partial charge in [-0.3, -0.25) is 14.4 Å². The highest BCUT2D eigenvalue weighted by Crippen LogP contribution is 2.70. The van der Waals surface area contributed by atoms with Crippen LogP contribution in [0, 0.1) is 28.6 Å². The predicted octanol–water partition coefficient (Wildman–Crippen LogP) is 4.64. The van der Waals surface area contributed by atoms with E-state index in [2.05, 4.69) is 0 Å². The van der Waals surface area contributed by atoms with E-state index < -0.39 is 64.5 Å². The molecule has 4 aliphatic rings. The number of ketones is 3. The van der Waals surface area contributed by atoms with Gasteiger partial charge in [0.05, 0.1) is 6.10 Å². The molecule has 0 radical (unpaired) electrons. The van der Waals surface area contributed by atoms with Crippen LogP contribution in [0.25, 0.3) is 0 Å². The number of carbonyl (C=O) groups is 4. The maximum absolute atomic E-state index is 17.3. The summed E-state index contributed by atoms with van der Waals surface area (Å²) >= 11 is 0. The second-order valence-corrected chi connectivity index (χ2v) is 12.9. The van der Waals surface area contributed by atoms with Crippen molar-refractivity contribution in [3.05, 3.63) is 53.6 Å². The summed E-state index contributed by atoms with van der Waals surface area (Å²) in [5, 5.41) is 23.5. The molecule has 9 heteroatoms. The van der Waals surface area contributed by atoms with Gasteiger partial charge in [-0.05, 0) is 74.3 Å². The first-order valence-corrected chi connectivity index (χ1v) is 14.7. The first-order chi connectivity index (χ1) is 19.7. The molecule has 0 amide bonds. The topological polar surface area (TPSA) is 127 Å². The fraction of sp³-hybridized carbons (Fsp3) is 0.576. The largest absolute Gasteiger partial charge is 0.514 e. The van der Waals surface area contributed by atoms with Gasteiger partial charge in [0.2, 0.25) is 5.78 Å². The third-order valence-electron chi connectivity index (χ3n) is 10.9. The van der Waals surface area contributed by atoms with Crippen molar-refractivity contribution < 1.29 is 43.3 Å². The fourth-order valence-electron chi connectivity index (χ4n) is 8.53. The molecule has 2 N–H and O–H groups in total. The van der Waals surface area contributed by atoms with E-state index in [1.54, 1.807) is 45.9 Å². The Kier molecular flexibility index (Phi) is 7.59. The van der Waals surface area contributed by atoms with Gasteiger partial charge in [-0.15, -0.1) is 0 Å². The smallest absolute Gasteiger partial charge is 0.426 e. The normalized spacial score (nSPS) is 38.5. The summed E-state index contributed by atoms with van der Waals surface area (Å²) in [6.07, 6.45) is 3.51. The Morgan fingerprint density at radius 1 is 1.12 bits per heavy atom.